The summed E-state index contributed by atoms with van der Waals surface area (Å²) in [6, 6.07) is 9.01. The summed E-state index contributed by atoms with van der Waals surface area (Å²) in [5, 5.41) is 0.649. The summed E-state index contributed by atoms with van der Waals surface area (Å²) in [4.78, 5) is 50.4. The van der Waals surface area contributed by atoms with Crippen molar-refractivity contribution in [2.24, 2.45) is 5.73 Å². The van der Waals surface area contributed by atoms with Crippen LogP contribution in [-0.2, 0) is 25.7 Å². The number of rotatable bonds is 9. The summed E-state index contributed by atoms with van der Waals surface area (Å²) < 4.78 is 5.18. The standard InChI is InChI=1S/C23H23Cl3N2O5/c1-4-23(2,3)33-22(32)19(29)11-20(30)28(12-13-5-8-16(24)18(26)9-13)14-6-7-15(21(27)31)17(25)10-14/h5-10H,4,11-12H2,1-3H3,(H2,27,31). The Morgan fingerprint density at radius 2 is 1.64 bits per heavy atom. The van der Waals surface area contributed by atoms with Crippen molar-refractivity contribution >= 4 is 64.1 Å². The van der Waals surface area contributed by atoms with Gasteiger partial charge < -0.3 is 15.4 Å². The van der Waals surface area contributed by atoms with Crippen molar-refractivity contribution in [1.82, 2.24) is 0 Å². The predicted octanol–water partition coefficient (Wildman–Crippen LogP) is 4.97. The van der Waals surface area contributed by atoms with Crippen molar-refractivity contribution in [3.05, 3.63) is 62.6 Å². The minimum absolute atomic E-state index is 0.00918. The number of amides is 2. The van der Waals surface area contributed by atoms with E-state index in [0.717, 1.165) is 0 Å². The van der Waals surface area contributed by atoms with Gasteiger partial charge in [-0.05, 0) is 56.2 Å². The highest BCUT2D eigenvalue weighted by Crippen LogP contribution is 2.28. The fourth-order valence-electron chi connectivity index (χ4n) is 2.70. The topological polar surface area (TPSA) is 107 Å². The number of Topliss-reactive ketones (excluding diaryl/α,β-unsaturated/α-hetero) is 1. The molecule has 0 aliphatic carbocycles. The molecule has 0 aliphatic rings. The first-order valence-corrected chi connectivity index (χ1v) is 11.1. The second-order valence-electron chi connectivity index (χ2n) is 7.86. The number of nitrogens with two attached hydrogens (primary N) is 1. The predicted molar refractivity (Wildman–Crippen MR) is 128 cm³/mol. The highest BCUT2D eigenvalue weighted by atomic mass is 35.5. The molecule has 2 aromatic carbocycles. The number of carbonyl (C=O) groups is 4. The van der Waals surface area contributed by atoms with E-state index in [9.17, 15) is 19.2 Å². The molecule has 7 nitrogen and oxygen atoms in total. The van der Waals surface area contributed by atoms with Gasteiger partial charge in [-0.25, -0.2) is 4.79 Å². The van der Waals surface area contributed by atoms with Gasteiger partial charge in [0.15, 0.2) is 0 Å². The monoisotopic (exact) mass is 512 g/mol. The van der Waals surface area contributed by atoms with Crippen LogP contribution in [0.1, 0.15) is 49.5 Å². The zero-order chi connectivity index (χ0) is 24.9. The summed E-state index contributed by atoms with van der Waals surface area (Å²) in [6.07, 6.45) is -0.233. The summed E-state index contributed by atoms with van der Waals surface area (Å²) >= 11 is 18.2. The first-order chi connectivity index (χ1) is 15.3. The lowest BCUT2D eigenvalue weighted by Crippen LogP contribution is -2.36. The molecule has 176 valence electrons. The van der Waals surface area contributed by atoms with Crippen LogP contribution in [0.25, 0.3) is 0 Å². The molecule has 2 rings (SSSR count). The van der Waals surface area contributed by atoms with E-state index in [0.29, 0.717) is 17.0 Å². The van der Waals surface area contributed by atoms with E-state index in [-0.39, 0.29) is 27.8 Å². The minimum Gasteiger partial charge on any atom is -0.454 e. The summed E-state index contributed by atoms with van der Waals surface area (Å²) in [6.45, 7) is 5.13. The van der Waals surface area contributed by atoms with Gasteiger partial charge in [0.25, 0.3) is 0 Å². The van der Waals surface area contributed by atoms with E-state index in [2.05, 4.69) is 0 Å². The number of carbonyl (C=O) groups excluding carboxylic acids is 4. The van der Waals surface area contributed by atoms with Crippen LogP contribution in [0.15, 0.2) is 36.4 Å². The molecule has 0 heterocycles. The van der Waals surface area contributed by atoms with E-state index >= 15 is 0 Å². The van der Waals surface area contributed by atoms with Crippen molar-refractivity contribution in [3.8, 4) is 0 Å². The molecule has 2 N–H and O–H groups in total. The summed E-state index contributed by atoms with van der Waals surface area (Å²) in [5.41, 5.74) is 5.42. The third-order valence-corrected chi connectivity index (χ3v) is 5.97. The highest BCUT2D eigenvalue weighted by molar-refractivity contribution is 6.42. The fourth-order valence-corrected chi connectivity index (χ4v) is 3.29. The number of primary amides is 1. The maximum absolute atomic E-state index is 13.1. The molecule has 0 radical (unpaired) electrons. The average molecular weight is 514 g/mol. The molecule has 2 amide bonds. The number of halogens is 3. The molecule has 0 fully saturated rings. The SMILES string of the molecule is CCC(C)(C)OC(=O)C(=O)CC(=O)N(Cc1ccc(Cl)c(Cl)c1)c1ccc(C(N)=O)c(Cl)c1. The maximum atomic E-state index is 13.1. The lowest BCUT2D eigenvalue weighted by atomic mass is 10.1. The lowest BCUT2D eigenvalue weighted by Gasteiger charge is -2.25. The Kier molecular flexibility index (Phi) is 8.89. The Bertz CT molecular complexity index is 1100. The Morgan fingerprint density at radius 1 is 0.970 bits per heavy atom. The lowest BCUT2D eigenvalue weighted by molar-refractivity contribution is -0.164. The van der Waals surface area contributed by atoms with Crippen LogP contribution in [0.3, 0.4) is 0 Å². The first-order valence-electron chi connectivity index (χ1n) is 9.94. The molecule has 0 bridgehead atoms. The molecule has 0 atom stereocenters. The van der Waals surface area contributed by atoms with E-state index in [4.69, 9.17) is 45.3 Å². The van der Waals surface area contributed by atoms with Crippen molar-refractivity contribution in [3.63, 3.8) is 0 Å². The van der Waals surface area contributed by atoms with E-state index in [1.54, 1.807) is 39.0 Å². The second-order valence-corrected chi connectivity index (χ2v) is 9.08. The van der Waals surface area contributed by atoms with E-state index < -0.39 is 35.6 Å². The molecular formula is C23H23Cl3N2O5. The molecule has 0 aromatic heterocycles. The maximum Gasteiger partial charge on any atom is 0.375 e. The van der Waals surface area contributed by atoms with Gasteiger partial charge in [-0.2, -0.15) is 0 Å². The van der Waals surface area contributed by atoms with Gasteiger partial charge in [0.05, 0.1) is 33.6 Å². The quantitative estimate of drug-likeness (QED) is 0.289. The number of ketones is 1. The molecule has 0 saturated heterocycles. The molecule has 0 aliphatic heterocycles. The van der Waals surface area contributed by atoms with Gasteiger partial charge in [0, 0.05) is 5.69 Å². The van der Waals surface area contributed by atoms with Crippen molar-refractivity contribution in [1.29, 1.82) is 0 Å². The van der Waals surface area contributed by atoms with Crippen LogP contribution in [0.5, 0.6) is 0 Å². The number of nitrogens with zero attached hydrogens (tertiary/aromatic N) is 1. The Hall–Kier alpha value is -2.61. The third-order valence-electron chi connectivity index (χ3n) is 4.92. The van der Waals surface area contributed by atoms with Gasteiger partial charge in [-0.3, -0.25) is 14.4 Å². The van der Waals surface area contributed by atoms with E-state index in [1.807, 2.05) is 0 Å². The number of hydrogen-bond donors (Lipinski definition) is 1. The Balaban J connectivity index is 2.35. The van der Waals surface area contributed by atoms with E-state index in [1.165, 1.54) is 23.1 Å². The average Bonchev–Trinajstić information content (AvgIpc) is 2.73. The molecule has 10 heteroatoms. The normalized spacial score (nSPS) is 11.1. The molecule has 2 aromatic rings. The van der Waals surface area contributed by atoms with Crippen LogP contribution in [0.2, 0.25) is 15.1 Å². The Morgan fingerprint density at radius 3 is 2.18 bits per heavy atom. The van der Waals surface area contributed by atoms with Crippen LogP contribution in [0, 0.1) is 0 Å². The van der Waals surface area contributed by atoms with Crippen molar-refractivity contribution < 1.29 is 23.9 Å². The van der Waals surface area contributed by atoms with Crippen LogP contribution >= 0.6 is 34.8 Å². The zero-order valence-corrected chi connectivity index (χ0v) is 20.6. The third kappa shape index (κ3) is 7.19. The van der Waals surface area contributed by atoms with Gasteiger partial charge in [-0.1, -0.05) is 47.8 Å². The van der Waals surface area contributed by atoms with Gasteiger partial charge in [-0.15, -0.1) is 0 Å². The largest absolute Gasteiger partial charge is 0.454 e. The fraction of sp³-hybridized carbons (Fsp3) is 0.304. The van der Waals surface area contributed by atoms with Gasteiger partial charge in [0.1, 0.15) is 5.60 Å². The number of hydrogen-bond acceptors (Lipinski definition) is 5. The molecule has 0 spiro atoms. The molecule has 0 unspecified atom stereocenters. The number of anilines is 1. The number of benzene rings is 2. The van der Waals surface area contributed by atoms with Crippen LogP contribution < -0.4 is 10.6 Å². The van der Waals surface area contributed by atoms with Crippen molar-refractivity contribution in [2.75, 3.05) is 4.90 Å². The van der Waals surface area contributed by atoms with Gasteiger partial charge >= 0.3 is 5.97 Å². The number of ether oxygens (including phenoxy) is 1. The summed E-state index contributed by atoms with van der Waals surface area (Å²) in [7, 11) is 0. The minimum atomic E-state index is -1.09. The van der Waals surface area contributed by atoms with Gasteiger partial charge in [0.2, 0.25) is 17.6 Å². The molecular weight excluding hydrogens is 491 g/mol. The zero-order valence-electron chi connectivity index (χ0n) is 18.3. The smallest absolute Gasteiger partial charge is 0.375 e. The molecule has 33 heavy (non-hydrogen) atoms. The Labute approximate surface area is 206 Å². The number of esters is 1. The van der Waals surface area contributed by atoms with Crippen LogP contribution in [-0.4, -0.2) is 29.2 Å². The van der Waals surface area contributed by atoms with Crippen LogP contribution in [0.4, 0.5) is 5.69 Å². The second kappa shape index (κ2) is 11.0. The summed E-state index contributed by atoms with van der Waals surface area (Å²) in [5.74, 6) is -3.49. The first kappa shape index (κ1) is 26.6. The highest BCUT2D eigenvalue weighted by Gasteiger charge is 2.29. The van der Waals surface area contributed by atoms with Crippen molar-refractivity contribution in [2.45, 2.75) is 45.8 Å². The molecule has 0 saturated carbocycles.